The first kappa shape index (κ1) is 16.7. The maximum absolute atomic E-state index is 12.2. The molecule has 1 fully saturated rings. The predicted molar refractivity (Wildman–Crippen MR) is 73.0 cm³/mol. The molecule has 0 heterocycles. The number of rotatable bonds is 8. The number of hydrogen-bond acceptors (Lipinski definition) is 5. The largest absolute Gasteiger partial charge is 0.466 e. The van der Waals surface area contributed by atoms with Crippen LogP contribution in [0.5, 0.6) is 0 Å². The van der Waals surface area contributed by atoms with Crippen LogP contribution in [0.25, 0.3) is 0 Å². The lowest BCUT2D eigenvalue weighted by Crippen LogP contribution is -2.38. The Bertz CT molecular complexity index is 363. The van der Waals surface area contributed by atoms with Gasteiger partial charge in [0.05, 0.1) is 13.2 Å². The molecule has 0 saturated heterocycles. The molecular weight excluding hydrogens is 260 g/mol. The van der Waals surface area contributed by atoms with Gasteiger partial charge >= 0.3 is 11.9 Å². The Hall–Kier alpha value is -1.39. The Morgan fingerprint density at radius 3 is 2.50 bits per heavy atom. The fourth-order valence-electron chi connectivity index (χ4n) is 2.54. The number of hydrogen-bond donors (Lipinski definition) is 0. The molecule has 0 aromatic carbocycles. The number of unbranched alkanes of at least 4 members (excludes halogenated alkanes) is 2. The van der Waals surface area contributed by atoms with E-state index in [1.165, 1.54) is 6.92 Å². The molecule has 20 heavy (non-hydrogen) atoms. The van der Waals surface area contributed by atoms with Crippen LogP contribution in [-0.4, -0.2) is 30.9 Å². The van der Waals surface area contributed by atoms with Crippen molar-refractivity contribution in [2.24, 2.45) is 5.41 Å². The third-order valence-corrected chi connectivity index (χ3v) is 3.75. The van der Waals surface area contributed by atoms with Gasteiger partial charge in [0.2, 0.25) is 0 Å². The van der Waals surface area contributed by atoms with Gasteiger partial charge < -0.3 is 9.47 Å². The Morgan fingerprint density at radius 2 is 1.95 bits per heavy atom. The highest BCUT2D eigenvalue weighted by Gasteiger charge is 2.49. The summed E-state index contributed by atoms with van der Waals surface area (Å²) in [6.45, 7) is 3.83. The SMILES string of the molecule is CCCCCOC(=O)C1(CCOC(C)=O)CCCC1=O. The highest BCUT2D eigenvalue weighted by molar-refractivity contribution is 6.05. The summed E-state index contributed by atoms with van der Waals surface area (Å²) in [6.07, 6.45) is 4.71. The summed E-state index contributed by atoms with van der Waals surface area (Å²) in [4.78, 5) is 35.1. The van der Waals surface area contributed by atoms with Crippen LogP contribution in [0.2, 0.25) is 0 Å². The first-order chi connectivity index (χ1) is 9.53. The average Bonchev–Trinajstić information content (AvgIpc) is 2.77. The summed E-state index contributed by atoms with van der Waals surface area (Å²) in [7, 11) is 0. The maximum Gasteiger partial charge on any atom is 0.319 e. The summed E-state index contributed by atoms with van der Waals surface area (Å²) in [5.74, 6) is -0.921. The van der Waals surface area contributed by atoms with Gasteiger partial charge in [0, 0.05) is 19.8 Å². The van der Waals surface area contributed by atoms with Crippen molar-refractivity contribution >= 4 is 17.7 Å². The van der Waals surface area contributed by atoms with E-state index in [4.69, 9.17) is 9.47 Å². The standard InChI is InChI=1S/C15H24O5/c1-3-4-5-10-20-14(18)15(8-6-7-13(15)17)9-11-19-12(2)16/h3-11H2,1-2H3. The van der Waals surface area contributed by atoms with Gasteiger partial charge in [-0.2, -0.15) is 0 Å². The first-order valence-corrected chi connectivity index (χ1v) is 7.37. The zero-order valence-corrected chi connectivity index (χ0v) is 12.4. The molecule has 0 N–H and O–H groups in total. The van der Waals surface area contributed by atoms with E-state index in [9.17, 15) is 14.4 Å². The normalized spacial score (nSPS) is 21.8. The molecule has 1 aliphatic rings. The Kier molecular flexibility index (Phi) is 6.68. The second-order valence-corrected chi connectivity index (χ2v) is 5.29. The quantitative estimate of drug-likeness (QED) is 0.389. The van der Waals surface area contributed by atoms with Crippen LogP contribution < -0.4 is 0 Å². The van der Waals surface area contributed by atoms with Gasteiger partial charge in [-0.1, -0.05) is 19.8 Å². The van der Waals surface area contributed by atoms with Crippen molar-refractivity contribution in [2.75, 3.05) is 13.2 Å². The molecule has 0 aliphatic heterocycles. The topological polar surface area (TPSA) is 69.7 Å². The van der Waals surface area contributed by atoms with E-state index in [-0.39, 0.29) is 18.8 Å². The fourth-order valence-corrected chi connectivity index (χ4v) is 2.54. The van der Waals surface area contributed by atoms with Gasteiger partial charge in [0.1, 0.15) is 11.2 Å². The molecule has 1 saturated carbocycles. The summed E-state index contributed by atoms with van der Waals surface area (Å²) in [5.41, 5.74) is -1.08. The van der Waals surface area contributed by atoms with E-state index >= 15 is 0 Å². The average molecular weight is 284 g/mol. The highest BCUT2D eigenvalue weighted by atomic mass is 16.5. The van der Waals surface area contributed by atoms with Gasteiger partial charge in [0.25, 0.3) is 0 Å². The van der Waals surface area contributed by atoms with Gasteiger partial charge in [-0.25, -0.2) is 0 Å². The summed E-state index contributed by atoms with van der Waals surface area (Å²) >= 11 is 0. The van der Waals surface area contributed by atoms with Crippen molar-refractivity contribution in [2.45, 2.75) is 58.8 Å². The molecule has 1 atom stereocenters. The smallest absolute Gasteiger partial charge is 0.319 e. The van der Waals surface area contributed by atoms with Crippen molar-refractivity contribution in [3.05, 3.63) is 0 Å². The molecule has 114 valence electrons. The Labute approximate surface area is 120 Å². The fraction of sp³-hybridized carbons (Fsp3) is 0.800. The van der Waals surface area contributed by atoms with E-state index in [1.54, 1.807) is 0 Å². The van der Waals surface area contributed by atoms with Gasteiger partial charge in [0.15, 0.2) is 0 Å². The molecule has 0 bridgehead atoms. The lowest BCUT2D eigenvalue weighted by molar-refractivity contribution is -0.162. The summed E-state index contributed by atoms with van der Waals surface area (Å²) in [5, 5.41) is 0. The van der Waals surface area contributed by atoms with Crippen molar-refractivity contribution in [1.29, 1.82) is 0 Å². The van der Waals surface area contributed by atoms with E-state index in [0.29, 0.717) is 25.9 Å². The number of carbonyl (C=O) groups excluding carboxylic acids is 3. The monoisotopic (exact) mass is 284 g/mol. The Balaban J connectivity index is 2.56. The molecule has 0 aromatic rings. The maximum atomic E-state index is 12.2. The number of Topliss-reactive ketones (excluding diaryl/α,β-unsaturated/α-hetero) is 1. The zero-order valence-electron chi connectivity index (χ0n) is 12.4. The van der Waals surface area contributed by atoms with Crippen LogP contribution in [0.4, 0.5) is 0 Å². The minimum Gasteiger partial charge on any atom is -0.466 e. The van der Waals surface area contributed by atoms with Crippen molar-refractivity contribution in [3.63, 3.8) is 0 Å². The van der Waals surface area contributed by atoms with Crippen LogP contribution in [-0.2, 0) is 23.9 Å². The third kappa shape index (κ3) is 4.32. The summed E-state index contributed by atoms with van der Waals surface area (Å²) < 4.78 is 10.1. The molecule has 1 rings (SSSR count). The predicted octanol–water partition coefficient (Wildman–Crippen LogP) is 2.41. The molecule has 0 aromatic heterocycles. The van der Waals surface area contributed by atoms with Crippen LogP contribution >= 0.6 is 0 Å². The van der Waals surface area contributed by atoms with Crippen molar-refractivity contribution in [1.82, 2.24) is 0 Å². The lowest BCUT2D eigenvalue weighted by atomic mass is 9.82. The number of esters is 2. The third-order valence-electron chi connectivity index (χ3n) is 3.75. The van der Waals surface area contributed by atoms with Crippen LogP contribution in [0, 0.1) is 5.41 Å². The zero-order chi connectivity index (χ0) is 15.0. The Morgan fingerprint density at radius 1 is 1.20 bits per heavy atom. The van der Waals surface area contributed by atoms with E-state index < -0.39 is 17.4 Å². The van der Waals surface area contributed by atoms with Gasteiger partial charge in [-0.3, -0.25) is 14.4 Å². The van der Waals surface area contributed by atoms with Crippen molar-refractivity contribution in [3.8, 4) is 0 Å². The number of ketones is 1. The van der Waals surface area contributed by atoms with Crippen LogP contribution in [0.1, 0.15) is 58.8 Å². The van der Waals surface area contributed by atoms with Gasteiger partial charge in [-0.15, -0.1) is 0 Å². The molecule has 5 heteroatoms. The molecule has 0 spiro atoms. The van der Waals surface area contributed by atoms with Crippen molar-refractivity contribution < 1.29 is 23.9 Å². The molecule has 0 radical (unpaired) electrons. The molecule has 1 aliphatic carbocycles. The molecule has 1 unspecified atom stereocenters. The minimum absolute atomic E-state index is 0.0786. The highest BCUT2D eigenvalue weighted by Crippen LogP contribution is 2.39. The molecule has 5 nitrogen and oxygen atoms in total. The van der Waals surface area contributed by atoms with E-state index in [0.717, 1.165) is 19.3 Å². The van der Waals surface area contributed by atoms with E-state index in [2.05, 4.69) is 6.92 Å². The number of ether oxygens (including phenoxy) is 2. The van der Waals surface area contributed by atoms with E-state index in [1.807, 2.05) is 0 Å². The molecule has 0 amide bonds. The number of carbonyl (C=O) groups is 3. The van der Waals surface area contributed by atoms with Crippen LogP contribution in [0.15, 0.2) is 0 Å². The minimum atomic E-state index is -1.08. The second kappa shape index (κ2) is 8.02. The lowest BCUT2D eigenvalue weighted by Gasteiger charge is -2.24. The van der Waals surface area contributed by atoms with Crippen LogP contribution in [0.3, 0.4) is 0 Å². The first-order valence-electron chi connectivity index (χ1n) is 7.37. The molecular formula is C15H24O5. The summed E-state index contributed by atoms with van der Waals surface area (Å²) in [6, 6.07) is 0. The van der Waals surface area contributed by atoms with Gasteiger partial charge in [-0.05, 0) is 19.3 Å². The second-order valence-electron chi connectivity index (χ2n) is 5.29.